The van der Waals surface area contributed by atoms with Gasteiger partial charge in [0.15, 0.2) is 5.82 Å². The lowest BCUT2D eigenvalue weighted by molar-refractivity contribution is 0.639. The van der Waals surface area contributed by atoms with Crippen molar-refractivity contribution in [3.63, 3.8) is 0 Å². The molecule has 16 heavy (non-hydrogen) atoms. The van der Waals surface area contributed by atoms with E-state index in [0.29, 0.717) is 5.02 Å². The van der Waals surface area contributed by atoms with Crippen molar-refractivity contribution in [2.24, 2.45) is 0 Å². The van der Waals surface area contributed by atoms with Crippen molar-refractivity contribution < 1.29 is 0 Å². The van der Waals surface area contributed by atoms with Crippen LogP contribution in [0.2, 0.25) is 5.02 Å². The summed E-state index contributed by atoms with van der Waals surface area (Å²) >= 11 is 5.85. The Hall–Kier alpha value is -1.39. The lowest BCUT2D eigenvalue weighted by Gasteiger charge is -2.14. The third kappa shape index (κ3) is 2.08. The van der Waals surface area contributed by atoms with Crippen LogP contribution >= 0.6 is 11.6 Å². The summed E-state index contributed by atoms with van der Waals surface area (Å²) in [6.07, 6.45) is 5.09. The summed E-state index contributed by atoms with van der Waals surface area (Å²) in [4.78, 5) is 4.33. The van der Waals surface area contributed by atoms with E-state index >= 15 is 0 Å². The SMILES string of the molecule is CNC(C)c1cccnc1-n1cc(Cl)cn1. The van der Waals surface area contributed by atoms with Gasteiger partial charge in [-0.2, -0.15) is 5.10 Å². The zero-order valence-corrected chi connectivity index (χ0v) is 9.94. The van der Waals surface area contributed by atoms with E-state index in [1.165, 1.54) is 0 Å². The monoisotopic (exact) mass is 236 g/mol. The molecule has 0 amide bonds. The van der Waals surface area contributed by atoms with Gasteiger partial charge in [0.2, 0.25) is 0 Å². The lowest BCUT2D eigenvalue weighted by atomic mass is 10.1. The highest BCUT2D eigenvalue weighted by Gasteiger charge is 2.11. The minimum Gasteiger partial charge on any atom is -0.313 e. The van der Waals surface area contributed by atoms with E-state index in [1.807, 2.05) is 19.2 Å². The first-order valence-corrected chi connectivity index (χ1v) is 5.43. The molecule has 0 aliphatic carbocycles. The molecule has 5 heteroatoms. The van der Waals surface area contributed by atoms with Crippen molar-refractivity contribution >= 4 is 11.6 Å². The van der Waals surface area contributed by atoms with Gasteiger partial charge in [0.05, 0.1) is 17.4 Å². The molecule has 1 unspecified atom stereocenters. The normalized spacial score (nSPS) is 12.7. The Kier molecular flexibility index (Phi) is 3.22. The molecule has 2 aromatic rings. The van der Waals surface area contributed by atoms with Gasteiger partial charge in [-0.05, 0) is 20.0 Å². The van der Waals surface area contributed by atoms with Crippen LogP contribution in [0.4, 0.5) is 0 Å². The fraction of sp³-hybridized carbons (Fsp3) is 0.273. The molecule has 0 saturated carbocycles. The number of aromatic nitrogens is 3. The molecule has 4 nitrogen and oxygen atoms in total. The number of hydrogen-bond donors (Lipinski definition) is 1. The second kappa shape index (κ2) is 4.63. The van der Waals surface area contributed by atoms with Crippen molar-refractivity contribution in [1.29, 1.82) is 0 Å². The third-order valence-electron chi connectivity index (χ3n) is 2.48. The predicted octanol–water partition coefficient (Wildman–Crippen LogP) is 2.20. The van der Waals surface area contributed by atoms with Crippen molar-refractivity contribution in [2.45, 2.75) is 13.0 Å². The topological polar surface area (TPSA) is 42.7 Å². The van der Waals surface area contributed by atoms with Crippen LogP contribution in [-0.4, -0.2) is 21.8 Å². The largest absolute Gasteiger partial charge is 0.313 e. The van der Waals surface area contributed by atoms with Gasteiger partial charge >= 0.3 is 0 Å². The van der Waals surface area contributed by atoms with Gasteiger partial charge in [-0.25, -0.2) is 9.67 Å². The van der Waals surface area contributed by atoms with E-state index in [2.05, 4.69) is 22.3 Å². The molecule has 0 spiro atoms. The summed E-state index contributed by atoms with van der Waals surface area (Å²) in [6, 6.07) is 4.16. The van der Waals surface area contributed by atoms with Gasteiger partial charge < -0.3 is 5.32 Å². The third-order valence-corrected chi connectivity index (χ3v) is 2.68. The van der Waals surface area contributed by atoms with E-state index in [9.17, 15) is 0 Å². The van der Waals surface area contributed by atoms with Crippen molar-refractivity contribution in [3.8, 4) is 5.82 Å². The molecule has 2 heterocycles. The van der Waals surface area contributed by atoms with Gasteiger partial charge in [0.25, 0.3) is 0 Å². The van der Waals surface area contributed by atoms with Crippen molar-refractivity contribution in [3.05, 3.63) is 41.3 Å². The van der Waals surface area contributed by atoms with Crippen LogP contribution in [0.5, 0.6) is 0 Å². The molecule has 0 bridgehead atoms. The van der Waals surface area contributed by atoms with Gasteiger partial charge in [-0.15, -0.1) is 0 Å². The van der Waals surface area contributed by atoms with E-state index in [1.54, 1.807) is 23.3 Å². The maximum Gasteiger partial charge on any atom is 0.158 e. The highest BCUT2D eigenvalue weighted by molar-refractivity contribution is 6.30. The van der Waals surface area contributed by atoms with Gasteiger partial charge in [0.1, 0.15) is 0 Å². The molecule has 0 aliphatic heterocycles. The molecule has 84 valence electrons. The van der Waals surface area contributed by atoms with Crippen LogP contribution in [0.25, 0.3) is 5.82 Å². The van der Waals surface area contributed by atoms with Crippen LogP contribution in [-0.2, 0) is 0 Å². The summed E-state index contributed by atoms with van der Waals surface area (Å²) in [6.45, 7) is 2.08. The van der Waals surface area contributed by atoms with E-state index in [-0.39, 0.29) is 6.04 Å². The van der Waals surface area contributed by atoms with Crippen LogP contribution in [0.1, 0.15) is 18.5 Å². The predicted molar refractivity (Wildman–Crippen MR) is 63.8 cm³/mol. The number of rotatable bonds is 3. The Morgan fingerprint density at radius 1 is 1.50 bits per heavy atom. The summed E-state index contributed by atoms with van der Waals surface area (Å²) in [5.74, 6) is 0.802. The number of nitrogens with zero attached hydrogens (tertiary/aromatic N) is 3. The van der Waals surface area contributed by atoms with Crippen LogP contribution < -0.4 is 5.32 Å². The molecule has 1 atom stereocenters. The second-order valence-corrected chi connectivity index (χ2v) is 3.97. The Morgan fingerprint density at radius 2 is 2.31 bits per heavy atom. The zero-order valence-electron chi connectivity index (χ0n) is 9.18. The Bertz CT molecular complexity index is 480. The number of hydrogen-bond acceptors (Lipinski definition) is 3. The van der Waals surface area contributed by atoms with E-state index in [4.69, 9.17) is 11.6 Å². The van der Waals surface area contributed by atoms with E-state index in [0.717, 1.165) is 11.4 Å². The summed E-state index contributed by atoms with van der Waals surface area (Å²) in [5.41, 5.74) is 1.09. The smallest absolute Gasteiger partial charge is 0.158 e. The quantitative estimate of drug-likeness (QED) is 0.889. The maximum absolute atomic E-state index is 5.85. The Labute approximate surface area is 99.3 Å². The van der Waals surface area contributed by atoms with Crippen LogP contribution in [0.15, 0.2) is 30.7 Å². The van der Waals surface area contributed by atoms with E-state index < -0.39 is 0 Å². The Morgan fingerprint density at radius 3 is 2.94 bits per heavy atom. The van der Waals surface area contributed by atoms with Crippen molar-refractivity contribution in [1.82, 2.24) is 20.1 Å². The molecule has 0 aromatic carbocycles. The lowest BCUT2D eigenvalue weighted by Crippen LogP contribution is -2.16. The van der Waals surface area contributed by atoms with Crippen molar-refractivity contribution in [2.75, 3.05) is 7.05 Å². The second-order valence-electron chi connectivity index (χ2n) is 3.53. The maximum atomic E-state index is 5.85. The minimum atomic E-state index is 0.215. The average Bonchev–Trinajstić information content (AvgIpc) is 2.75. The van der Waals surface area contributed by atoms with Crippen LogP contribution in [0, 0.1) is 0 Å². The van der Waals surface area contributed by atoms with Gasteiger partial charge in [-0.1, -0.05) is 17.7 Å². The molecular formula is C11H13ClN4. The summed E-state index contributed by atoms with van der Waals surface area (Å²) in [5, 5.41) is 7.95. The first-order chi connectivity index (χ1) is 7.72. The standard InChI is InChI=1S/C11H13ClN4/c1-8(13-2)10-4-3-5-14-11(10)16-7-9(12)6-15-16/h3-8,13H,1-2H3. The first-order valence-electron chi connectivity index (χ1n) is 5.05. The molecule has 2 rings (SSSR count). The molecular weight excluding hydrogens is 224 g/mol. The van der Waals surface area contributed by atoms with Gasteiger partial charge in [-0.3, -0.25) is 0 Å². The van der Waals surface area contributed by atoms with Gasteiger partial charge in [0, 0.05) is 17.8 Å². The highest BCUT2D eigenvalue weighted by Crippen LogP contribution is 2.19. The minimum absolute atomic E-state index is 0.215. The Balaban J connectivity index is 2.48. The fourth-order valence-corrected chi connectivity index (χ4v) is 1.65. The first kappa shape index (κ1) is 11.1. The molecule has 0 fully saturated rings. The highest BCUT2D eigenvalue weighted by atomic mass is 35.5. The molecule has 0 saturated heterocycles. The van der Waals surface area contributed by atoms with Crippen LogP contribution in [0.3, 0.4) is 0 Å². The number of pyridine rings is 1. The number of nitrogens with one attached hydrogen (secondary N) is 1. The molecule has 1 N–H and O–H groups in total. The average molecular weight is 237 g/mol. The molecule has 2 aromatic heterocycles. The fourth-order valence-electron chi connectivity index (χ4n) is 1.51. The molecule has 0 aliphatic rings. The summed E-state index contributed by atoms with van der Waals surface area (Å²) in [7, 11) is 1.91. The zero-order chi connectivity index (χ0) is 11.5. The number of halogens is 1. The molecule has 0 radical (unpaired) electrons. The summed E-state index contributed by atoms with van der Waals surface area (Å²) < 4.78 is 1.69.